The van der Waals surface area contributed by atoms with Crippen molar-refractivity contribution in [3.63, 3.8) is 0 Å². The van der Waals surface area contributed by atoms with Crippen LogP contribution in [0.2, 0.25) is 0 Å². The molecule has 0 aliphatic rings. The monoisotopic (exact) mass is 290 g/mol. The second-order valence-corrected chi connectivity index (χ2v) is 4.19. The van der Waals surface area contributed by atoms with E-state index in [1.165, 1.54) is 12.3 Å². The van der Waals surface area contributed by atoms with E-state index in [4.69, 9.17) is 0 Å². The fourth-order valence-electron chi connectivity index (χ4n) is 1.68. The van der Waals surface area contributed by atoms with Gasteiger partial charge in [0, 0.05) is 19.0 Å². The van der Waals surface area contributed by atoms with Crippen molar-refractivity contribution in [2.75, 3.05) is 11.9 Å². The SMILES string of the molecule is O=C(CCNc1ccccc1[N+](=O)[O-])NCc1cn[nH]n1. The zero-order chi connectivity index (χ0) is 15.1. The van der Waals surface area contributed by atoms with Gasteiger partial charge in [-0.15, -0.1) is 0 Å². The predicted molar refractivity (Wildman–Crippen MR) is 74.4 cm³/mol. The molecule has 1 aromatic heterocycles. The molecule has 0 saturated carbocycles. The van der Waals surface area contributed by atoms with Gasteiger partial charge in [-0.3, -0.25) is 14.9 Å². The number of nitrogens with zero attached hydrogens (tertiary/aromatic N) is 3. The Morgan fingerprint density at radius 2 is 2.19 bits per heavy atom. The zero-order valence-electron chi connectivity index (χ0n) is 11.1. The summed E-state index contributed by atoms with van der Waals surface area (Å²) in [4.78, 5) is 22.0. The van der Waals surface area contributed by atoms with Crippen LogP contribution in [0.5, 0.6) is 0 Å². The maximum atomic E-state index is 11.6. The van der Waals surface area contributed by atoms with Gasteiger partial charge in [0.25, 0.3) is 5.69 Å². The van der Waals surface area contributed by atoms with Gasteiger partial charge in [0.2, 0.25) is 5.91 Å². The average molecular weight is 290 g/mol. The molecule has 0 radical (unpaired) electrons. The Kier molecular flexibility index (Phi) is 4.80. The molecule has 2 aromatic rings. The fourth-order valence-corrected chi connectivity index (χ4v) is 1.68. The molecule has 0 atom stereocenters. The van der Waals surface area contributed by atoms with Crippen LogP contribution in [-0.2, 0) is 11.3 Å². The summed E-state index contributed by atoms with van der Waals surface area (Å²) < 4.78 is 0. The number of nitrogens with one attached hydrogen (secondary N) is 3. The van der Waals surface area contributed by atoms with Crippen LogP contribution in [0.15, 0.2) is 30.5 Å². The van der Waals surface area contributed by atoms with Gasteiger partial charge in [-0.2, -0.15) is 15.4 Å². The van der Waals surface area contributed by atoms with Gasteiger partial charge in [-0.25, -0.2) is 0 Å². The Morgan fingerprint density at radius 1 is 1.38 bits per heavy atom. The van der Waals surface area contributed by atoms with Crippen molar-refractivity contribution in [3.05, 3.63) is 46.3 Å². The van der Waals surface area contributed by atoms with E-state index >= 15 is 0 Å². The standard InChI is InChI=1S/C12H14N6O3/c19-12(14-7-9-8-15-17-16-9)5-6-13-10-3-1-2-4-11(10)18(20)21/h1-4,8,13H,5-7H2,(H,14,19)(H,15,16,17). The second-order valence-electron chi connectivity index (χ2n) is 4.19. The minimum atomic E-state index is -0.465. The van der Waals surface area contributed by atoms with E-state index < -0.39 is 4.92 Å². The highest BCUT2D eigenvalue weighted by molar-refractivity contribution is 5.76. The van der Waals surface area contributed by atoms with Gasteiger partial charge in [-0.1, -0.05) is 12.1 Å². The highest BCUT2D eigenvalue weighted by Crippen LogP contribution is 2.22. The Labute approximate surface area is 119 Å². The molecule has 0 saturated heterocycles. The average Bonchev–Trinajstić information content (AvgIpc) is 2.99. The molecule has 0 aliphatic heterocycles. The lowest BCUT2D eigenvalue weighted by atomic mass is 10.2. The van der Waals surface area contributed by atoms with E-state index in [0.29, 0.717) is 24.5 Å². The van der Waals surface area contributed by atoms with Crippen molar-refractivity contribution in [1.82, 2.24) is 20.7 Å². The molecule has 0 spiro atoms. The number of hydrogen-bond acceptors (Lipinski definition) is 6. The number of aromatic amines is 1. The molecule has 1 aromatic carbocycles. The number of nitro benzene ring substituents is 1. The number of aromatic nitrogens is 3. The summed E-state index contributed by atoms with van der Waals surface area (Å²) in [5.41, 5.74) is 1.02. The highest BCUT2D eigenvalue weighted by atomic mass is 16.6. The molecule has 110 valence electrons. The van der Waals surface area contributed by atoms with E-state index in [-0.39, 0.29) is 18.0 Å². The first kappa shape index (κ1) is 14.4. The zero-order valence-corrected chi connectivity index (χ0v) is 11.1. The van der Waals surface area contributed by atoms with Crippen LogP contribution in [0.3, 0.4) is 0 Å². The largest absolute Gasteiger partial charge is 0.379 e. The molecule has 2 rings (SSSR count). The first-order valence-electron chi connectivity index (χ1n) is 6.25. The lowest BCUT2D eigenvalue weighted by Crippen LogP contribution is -2.25. The van der Waals surface area contributed by atoms with Gasteiger partial charge in [0.15, 0.2) is 0 Å². The Balaban J connectivity index is 1.76. The third-order valence-electron chi connectivity index (χ3n) is 2.70. The molecular formula is C12H14N6O3. The molecule has 21 heavy (non-hydrogen) atoms. The van der Waals surface area contributed by atoms with Crippen LogP contribution in [0.25, 0.3) is 0 Å². The van der Waals surface area contributed by atoms with Gasteiger partial charge in [0.05, 0.1) is 17.7 Å². The van der Waals surface area contributed by atoms with Crippen LogP contribution in [0.1, 0.15) is 12.1 Å². The van der Waals surface area contributed by atoms with E-state index in [1.807, 2.05) is 0 Å². The molecule has 9 heteroatoms. The maximum absolute atomic E-state index is 11.6. The molecule has 1 heterocycles. The van der Waals surface area contributed by atoms with Crippen molar-refractivity contribution >= 4 is 17.3 Å². The first-order chi connectivity index (χ1) is 10.2. The molecule has 0 bridgehead atoms. The van der Waals surface area contributed by atoms with Crippen molar-refractivity contribution in [3.8, 4) is 0 Å². The third kappa shape index (κ3) is 4.27. The molecule has 9 nitrogen and oxygen atoms in total. The van der Waals surface area contributed by atoms with E-state index in [2.05, 4.69) is 26.0 Å². The molecule has 0 fully saturated rings. The summed E-state index contributed by atoms with van der Waals surface area (Å²) in [6.07, 6.45) is 1.72. The minimum Gasteiger partial charge on any atom is -0.379 e. The number of amides is 1. The van der Waals surface area contributed by atoms with Crippen molar-refractivity contribution < 1.29 is 9.72 Å². The van der Waals surface area contributed by atoms with Gasteiger partial charge < -0.3 is 10.6 Å². The molecule has 0 unspecified atom stereocenters. The summed E-state index contributed by atoms with van der Waals surface area (Å²) in [6.45, 7) is 0.594. The number of H-pyrrole nitrogens is 1. The Morgan fingerprint density at radius 3 is 2.90 bits per heavy atom. The van der Waals surface area contributed by atoms with Crippen molar-refractivity contribution in [2.45, 2.75) is 13.0 Å². The summed E-state index contributed by atoms with van der Waals surface area (Å²) >= 11 is 0. The molecule has 0 aliphatic carbocycles. The quantitative estimate of drug-likeness (QED) is 0.512. The summed E-state index contributed by atoms with van der Waals surface area (Å²) in [6, 6.07) is 6.30. The first-order valence-corrected chi connectivity index (χ1v) is 6.25. The number of rotatable bonds is 7. The number of anilines is 1. The van der Waals surface area contributed by atoms with Crippen LogP contribution >= 0.6 is 0 Å². The normalized spacial score (nSPS) is 10.1. The third-order valence-corrected chi connectivity index (χ3v) is 2.70. The Hall–Kier alpha value is -2.97. The summed E-state index contributed by atoms with van der Waals surface area (Å²) in [5, 5.41) is 26.3. The van der Waals surface area contributed by atoms with Crippen LogP contribution < -0.4 is 10.6 Å². The smallest absolute Gasteiger partial charge is 0.292 e. The number of carbonyl (C=O) groups is 1. The number of hydrogen-bond donors (Lipinski definition) is 3. The lowest BCUT2D eigenvalue weighted by molar-refractivity contribution is -0.384. The van der Waals surface area contributed by atoms with Gasteiger partial charge >= 0.3 is 0 Å². The van der Waals surface area contributed by atoms with Crippen molar-refractivity contribution in [1.29, 1.82) is 0 Å². The maximum Gasteiger partial charge on any atom is 0.292 e. The van der Waals surface area contributed by atoms with Gasteiger partial charge in [0.1, 0.15) is 11.4 Å². The van der Waals surface area contributed by atoms with E-state index in [1.54, 1.807) is 18.2 Å². The van der Waals surface area contributed by atoms with Crippen LogP contribution in [0.4, 0.5) is 11.4 Å². The number of nitro groups is 1. The summed E-state index contributed by atoms with van der Waals surface area (Å²) in [5.74, 6) is -0.177. The van der Waals surface area contributed by atoms with E-state index in [9.17, 15) is 14.9 Å². The highest BCUT2D eigenvalue weighted by Gasteiger charge is 2.12. The number of carbonyl (C=O) groups excluding carboxylic acids is 1. The lowest BCUT2D eigenvalue weighted by Gasteiger charge is -2.07. The minimum absolute atomic E-state index is 0.0134. The topological polar surface area (TPSA) is 126 Å². The van der Waals surface area contributed by atoms with E-state index in [0.717, 1.165) is 0 Å². The van der Waals surface area contributed by atoms with Gasteiger partial charge in [-0.05, 0) is 6.07 Å². The van der Waals surface area contributed by atoms with Crippen LogP contribution in [-0.4, -0.2) is 32.8 Å². The number of para-hydroxylation sites is 2. The molecule has 1 amide bonds. The summed E-state index contributed by atoms with van der Waals surface area (Å²) in [7, 11) is 0. The second kappa shape index (κ2) is 6.98. The van der Waals surface area contributed by atoms with Crippen molar-refractivity contribution in [2.24, 2.45) is 0 Å². The number of benzene rings is 1. The Bertz CT molecular complexity index is 613. The predicted octanol–water partition coefficient (Wildman–Crippen LogP) is 0.831. The molecule has 3 N–H and O–H groups in total. The molecular weight excluding hydrogens is 276 g/mol. The van der Waals surface area contributed by atoms with Crippen LogP contribution in [0, 0.1) is 10.1 Å². The fraction of sp³-hybridized carbons (Fsp3) is 0.250.